The van der Waals surface area contributed by atoms with Crippen LogP contribution in [0.2, 0.25) is 0 Å². The van der Waals surface area contributed by atoms with E-state index in [1.165, 1.54) is 7.11 Å². The molecule has 0 spiro atoms. The van der Waals surface area contributed by atoms with Crippen LogP contribution in [-0.4, -0.2) is 27.5 Å². The van der Waals surface area contributed by atoms with Gasteiger partial charge in [0.2, 0.25) is 10.0 Å². The first-order chi connectivity index (χ1) is 9.85. The molecule has 2 rings (SSSR count). The minimum absolute atomic E-state index is 0.0454. The summed E-state index contributed by atoms with van der Waals surface area (Å²) in [6.45, 7) is 3.88. The Hall–Kier alpha value is -0.920. The first-order valence-corrected chi connectivity index (χ1v) is 9.40. The fourth-order valence-corrected chi connectivity index (χ4v) is 5.67. The van der Waals surface area contributed by atoms with Gasteiger partial charge in [-0.1, -0.05) is 6.92 Å². The number of carbonyl (C=O) groups is 1. The molecule has 118 valence electrons. The average Bonchev–Trinajstić information content (AvgIpc) is 2.83. The van der Waals surface area contributed by atoms with Gasteiger partial charge in [0.05, 0.1) is 7.11 Å². The van der Waals surface area contributed by atoms with E-state index in [-0.39, 0.29) is 15.8 Å². The maximum atomic E-state index is 12.6. The van der Waals surface area contributed by atoms with Crippen LogP contribution in [0, 0.1) is 12.8 Å². The number of hydrogen-bond donors (Lipinski definition) is 1. The largest absolute Gasteiger partial charge is 0.465 e. The quantitative estimate of drug-likeness (QED) is 0.861. The van der Waals surface area contributed by atoms with Crippen LogP contribution in [0.5, 0.6) is 0 Å². The lowest BCUT2D eigenvalue weighted by Crippen LogP contribution is -2.37. The van der Waals surface area contributed by atoms with Crippen molar-refractivity contribution in [3.05, 3.63) is 15.8 Å². The van der Waals surface area contributed by atoms with Gasteiger partial charge in [-0.05, 0) is 49.5 Å². The molecule has 1 heterocycles. The molecule has 1 aliphatic carbocycles. The van der Waals surface area contributed by atoms with Crippen molar-refractivity contribution in [3.63, 3.8) is 0 Å². The predicted octanol–water partition coefficient (Wildman–Crippen LogP) is 2.70. The number of esters is 1. The van der Waals surface area contributed by atoms with Crippen molar-refractivity contribution in [2.75, 3.05) is 7.11 Å². The number of carbonyl (C=O) groups excluding carboxylic acids is 1. The zero-order valence-corrected chi connectivity index (χ0v) is 14.1. The number of aryl methyl sites for hydroxylation is 1. The molecule has 1 N–H and O–H groups in total. The highest BCUT2D eigenvalue weighted by molar-refractivity contribution is 7.89. The third-order valence-corrected chi connectivity index (χ3v) is 6.81. The molecule has 1 aliphatic rings. The molecule has 0 radical (unpaired) electrons. The summed E-state index contributed by atoms with van der Waals surface area (Å²) >= 11 is 1.10. The fraction of sp³-hybridized carbons (Fsp3) is 0.643. The average molecular weight is 331 g/mol. The van der Waals surface area contributed by atoms with Gasteiger partial charge >= 0.3 is 5.97 Å². The maximum Gasteiger partial charge on any atom is 0.349 e. The highest BCUT2D eigenvalue weighted by Gasteiger charge is 2.30. The van der Waals surface area contributed by atoms with Crippen LogP contribution in [0.1, 0.15) is 47.8 Å². The summed E-state index contributed by atoms with van der Waals surface area (Å²) in [7, 11) is -2.44. The monoisotopic (exact) mass is 331 g/mol. The Morgan fingerprint density at radius 3 is 2.52 bits per heavy atom. The number of thiophene rings is 1. The summed E-state index contributed by atoms with van der Waals surface area (Å²) in [4.78, 5) is 11.9. The summed E-state index contributed by atoms with van der Waals surface area (Å²) in [5.74, 6) is 0.0463. The topological polar surface area (TPSA) is 72.5 Å². The van der Waals surface area contributed by atoms with Gasteiger partial charge in [-0.2, -0.15) is 0 Å². The minimum atomic E-state index is -3.69. The van der Waals surface area contributed by atoms with E-state index in [2.05, 4.69) is 16.4 Å². The van der Waals surface area contributed by atoms with Crippen LogP contribution in [-0.2, 0) is 14.8 Å². The molecule has 5 nitrogen and oxygen atoms in total. The van der Waals surface area contributed by atoms with Crippen LogP contribution in [0.3, 0.4) is 0 Å². The van der Waals surface area contributed by atoms with E-state index in [0.717, 1.165) is 37.0 Å². The van der Waals surface area contributed by atoms with Gasteiger partial charge in [-0.3, -0.25) is 0 Å². The second kappa shape index (κ2) is 6.46. The molecule has 7 heteroatoms. The number of sulfonamides is 1. The standard InChI is InChI=1S/C14H21NO4S2/c1-9-4-6-11(7-5-9)15-21(17,18)13-10(2)8-20-12(13)14(16)19-3/h8-9,11,15H,4-7H2,1-3H3. The Kier molecular flexibility index (Phi) is 5.06. The van der Waals surface area contributed by atoms with Crippen molar-refractivity contribution in [2.45, 2.75) is 50.5 Å². The molecule has 21 heavy (non-hydrogen) atoms. The van der Waals surface area contributed by atoms with Crippen LogP contribution >= 0.6 is 11.3 Å². The van der Waals surface area contributed by atoms with E-state index in [9.17, 15) is 13.2 Å². The van der Waals surface area contributed by atoms with Crippen LogP contribution in [0.15, 0.2) is 10.3 Å². The highest BCUT2D eigenvalue weighted by Crippen LogP contribution is 2.29. The Morgan fingerprint density at radius 1 is 1.33 bits per heavy atom. The Labute approximate surface area is 129 Å². The predicted molar refractivity (Wildman–Crippen MR) is 82.1 cm³/mol. The molecule has 0 aliphatic heterocycles. The van der Waals surface area contributed by atoms with Crippen molar-refractivity contribution in [1.29, 1.82) is 0 Å². The molecule has 1 aromatic rings. The molecule has 1 saturated carbocycles. The van der Waals surface area contributed by atoms with Gasteiger partial charge in [-0.25, -0.2) is 17.9 Å². The van der Waals surface area contributed by atoms with Gasteiger partial charge in [0.1, 0.15) is 9.77 Å². The van der Waals surface area contributed by atoms with E-state index in [0.29, 0.717) is 11.5 Å². The first kappa shape index (κ1) is 16.5. The normalized spacial score (nSPS) is 23.0. The summed E-state index contributed by atoms with van der Waals surface area (Å²) in [6, 6.07) is -0.0454. The number of hydrogen-bond acceptors (Lipinski definition) is 5. The highest BCUT2D eigenvalue weighted by atomic mass is 32.2. The second-order valence-electron chi connectivity index (χ2n) is 5.65. The van der Waals surface area contributed by atoms with E-state index < -0.39 is 16.0 Å². The molecule has 0 amide bonds. The number of nitrogens with one attached hydrogen (secondary N) is 1. The molecular formula is C14H21NO4S2. The van der Waals surface area contributed by atoms with Crippen molar-refractivity contribution < 1.29 is 17.9 Å². The smallest absolute Gasteiger partial charge is 0.349 e. The minimum Gasteiger partial charge on any atom is -0.465 e. The lowest BCUT2D eigenvalue weighted by molar-refractivity contribution is 0.0602. The zero-order valence-electron chi connectivity index (χ0n) is 12.5. The van der Waals surface area contributed by atoms with Gasteiger partial charge in [0.25, 0.3) is 0 Å². The van der Waals surface area contributed by atoms with E-state index in [4.69, 9.17) is 0 Å². The lowest BCUT2D eigenvalue weighted by atomic mass is 9.88. The van der Waals surface area contributed by atoms with Crippen LogP contribution < -0.4 is 4.72 Å². The second-order valence-corrected chi connectivity index (χ2v) is 8.18. The number of methoxy groups -OCH3 is 1. The summed E-state index contributed by atoms with van der Waals surface area (Å²) in [5, 5.41) is 1.67. The molecular weight excluding hydrogens is 310 g/mol. The van der Waals surface area contributed by atoms with Crippen molar-refractivity contribution >= 4 is 27.3 Å². The van der Waals surface area contributed by atoms with Gasteiger partial charge in [-0.15, -0.1) is 11.3 Å². The molecule has 0 aromatic carbocycles. The van der Waals surface area contributed by atoms with Crippen molar-refractivity contribution in [3.8, 4) is 0 Å². The van der Waals surface area contributed by atoms with E-state index in [1.54, 1.807) is 12.3 Å². The molecule has 0 saturated heterocycles. The van der Waals surface area contributed by atoms with Gasteiger partial charge in [0, 0.05) is 6.04 Å². The molecule has 1 aromatic heterocycles. The van der Waals surface area contributed by atoms with Crippen LogP contribution in [0.4, 0.5) is 0 Å². The van der Waals surface area contributed by atoms with E-state index >= 15 is 0 Å². The molecule has 0 bridgehead atoms. The molecule has 0 atom stereocenters. The number of rotatable bonds is 4. The molecule has 0 unspecified atom stereocenters. The molecule has 1 fully saturated rings. The van der Waals surface area contributed by atoms with Gasteiger partial charge in [0.15, 0.2) is 0 Å². The van der Waals surface area contributed by atoms with Crippen LogP contribution in [0.25, 0.3) is 0 Å². The number of ether oxygens (including phenoxy) is 1. The first-order valence-electron chi connectivity index (χ1n) is 7.04. The summed E-state index contributed by atoms with van der Waals surface area (Å²) < 4.78 is 32.6. The third-order valence-electron chi connectivity index (χ3n) is 3.90. The van der Waals surface area contributed by atoms with Crippen molar-refractivity contribution in [2.24, 2.45) is 5.92 Å². The zero-order chi connectivity index (χ0) is 15.6. The Bertz CT molecular complexity index is 613. The maximum absolute atomic E-state index is 12.6. The Balaban J connectivity index is 2.24. The Morgan fingerprint density at radius 2 is 1.95 bits per heavy atom. The van der Waals surface area contributed by atoms with E-state index in [1.807, 2.05) is 0 Å². The SMILES string of the molecule is COC(=O)c1scc(C)c1S(=O)(=O)NC1CCC(C)CC1. The third kappa shape index (κ3) is 3.64. The summed E-state index contributed by atoms with van der Waals surface area (Å²) in [5.41, 5.74) is 0.581. The van der Waals surface area contributed by atoms with Crippen molar-refractivity contribution in [1.82, 2.24) is 4.72 Å². The lowest BCUT2D eigenvalue weighted by Gasteiger charge is -2.26. The van der Waals surface area contributed by atoms with Gasteiger partial charge < -0.3 is 4.74 Å². The fourth-order valence-electron chi connectivity index (χ4n) is 2.66. The summed E-state index contributed by atoms with van der Waals surface area (Å²) in [6.07, 6.45) is 3.74.